The van der Waals surface area contributed by atoms with Crippen LogP contribution in [0.15, 0.2) is 53.3 Å². The number of aromatic nitrogens is 1. The number of hydrogen-bond donors (Lipinski definition) is 0. The summed E-state index contributed by atoms with van der Waals surface area (Å²) in [6.45, 7) is 2.89. The first-order valence-electron chi connectivity index (χ1n) is 7.83. The Morgan fingerprint density at radius 3 is 2.64 bits per heavy atom. The van der Waals surface area contributed by atoms with Gasteiger partial charge in [-0.25, -0.2) is 0 Å². The fraction of sp³-hybridized carbons (Fsp3) is 0.389. The number of piperidine rings is 1. The lowest BCUT2D eigenvalue weighted by Gasteiger charge is -2.34. The van der Waals surface area contributed by atoms with Crippen molar-refractivity contribution < 1.29 is 4.74 Å². The predicted octanol–water partition coefficient (Wildman–Crippen LogP) is 4.07. The fourth-order valence-corrected chi connectivity index (χ4v) is 3.38. The van der Waals surface area contributed by atoms with Gasteiger partial charge in [-0.1, -0.05) is 30.3 Å². The smallest absolute Gasteiger partial charge is 0.0609 e. The monoisotopic (exact) mass is 360 g/mol. The summed E-state index contributed by atoms with van der Waals surface area (Å²) in [5.74, 6) is 0. The maximum atomic E-state index is 6.05. The lowest BCUT2D eigenvalue weighted by molar-refractivity contribution is 0.0390. The Kier molecular flexibility index (Phi) is 5.46. The van der Waals surface area contributed by atoms with Crippen molar-refractivity contribution in [2.24, 2.45) is 0 Å². The van der Waals surface area contributed by atoms with Crippen molar-refractivity contribution in [2.75, 3.05) is 24.6 Å². The van der Waals surface area contributed by atoms with E-state index in [4.69, 9.17) is 4.74 Å². The number of nitrogens with zero attached hydrogens (tertiary/aromatic N) is 2. The summed E-state index contributed by atoms with van der Waals surface area (Å²) >= 11 is 3.58. The van der Waals surface area contributed by atoms with Gasteiger partial charge in [0.25, 0.3) is 0 Å². The van der Waals surface area contributed by atoms with E-state index >= 15 is 0 Å². The summed E-state index contributed by atoms with van der Waals surface area (Å²) < 4.78 is 7.12. The maximum absolute atomic E-state index is 6.05. The third-order valence-electron chi connectivity index (χ3n) is 4.12. The highest BCUT2D eigenvalue weighted by atomic mass is 79.9. The first kappa shape index (κ1) is 15.5. The molecule has 0 unspecified atom stereocenters. The van der Waals surface area contributed by atoms with Crippen molar-refractivity contribution in [3.8, 4) is 0 Å². The minimum Gasteiger partial charge on any atom is -0.378 e. The molecule has 2 heterocycles. The first-order chi connectivity index (χ1) is 10.8. The van der Waals surface area contributed by atoms with Gasteiger partial charge in [0.05, 0.1) is 22.9 Å². The Morgan fingerprint density at radius 2 is 1.91 bits per heavy atom. The lowest BCUT2D eigenvalue weighted by atomic mass is 10.1. The van der Waals surface area contributed by atoms with Gasteiger partial charge in [0.1, 0.15) is 0 Å². The van der Waals surface area contributed by atoms with Gasteiger partial charge >= 0.3 is 0 Å². The van der Waals surface area contributed by atoms with Gasteiger partial charge in [0.2, 0.25) is 0 Å². The molecule has 1 saturated heterocycles. The second kappa shape index (κ2) is 7.75. The quantitative estimate of drug-likeness (QED) is 0.803. The molecule has 0 spiro atoms. The standard InChI is InChI=1S/C18H21BrN2O/c19-17-14-20-10-6-18(17)21-11-7-16(8-12-21)22-13-9-15-4-2-1-3-5-15/h1-6,10,14,16H,7-9,11-13H2. The largest absolute Gasteiger partial charge is 0.378 e. The Balaban J connectivity index is 1.43. The van der Waals surface area contributed by atoms with Crippen molar-refractivity contribution in [1.29, 1.82) is 0 Å². The fourth-order valence-electron chi connectivity index (χ4n) is 2.88. The second-order valence-electron chi connectivity index (χ2n) is 5.62. The van der Waals surface area contributed by atoms with Crippen LogP contribution in [0.4, 0.5) is 5.69 Å². The molecule has 1 aliphatic heterocycles. The van der Waals surface area contributed by atoms with Gasteiger partial charge in [-0.05, 0) is 46.8 Å². The Morgan fingerprint density at radius 1 is 1.14 bits per heavy atom. The molecule has 3 rings (SSSR count). The number of benzene rings is 1. The molecule has 1 aromatic carbocycles. The Hall–Kier alpha value is -1.39. The third kappa shape index (κ3) is 4.08. The molecule has 0 aliphatic carbocycles. The SMILES string of the molecule is Brc1cnccc1N1CCC(OCCc2ccccc2)CC1. The summed E-state index contributed by atoms with van der Waals surface area (Å²) in [6.07, 6.45) is 7.27. The minimum absolute atomic E-state index is 0.389. The number of hydrogen-bond acceptors (Lipinski definition) is 3. The van der Waals surface area contributed by atoms with Crippen LogP contribution in [0.25, 0.3) is 0 Å². The highest BCUT2D eigenvalue weighted by Gasteiger charge is 2.20. The molecular weight excluding hydrogens is 340 g/mol. The number of anilines is 1. The van der Waals surface area contributed by atoms with E-state index in [1.54, 1.807) is 0 Å². The first-order valence-corrected chi connectivity index (χ1v) is 8.62. The summed E-state index contributed by atoms with van der Waals surface area (Å²) in [7, 11) is 0. The van der Waals surface area contributed by atoms with Crippen LogP contribution in [0.2, 0.25) is 0 Å². The topological polar surface area (TPSA) is 25.4 Å². The molecule has 0 bridgehead atoms. The van der Waals surface area contributed by atoms with Crippen LogP contribution in [0.3, 0.4) is 0 Å². The molecule has 22 heavy (non-hydrogen) atoms. The maximum Gasteiger partial charge on any atom is 0.0609 e. The molecular formula is C18H21BrN2O. The molecule has 0 radical (unpaired) electrons. The van der Waals surface area contributed by atoms with Crippen molar-refractivity contribution in [3.05, 3.63) is 58.8 Å². The van der Waals surface area contributed by atoms with E-state index in [-0.39, 0.29) is 0 Å². The Bertz CT molecular complexity index is 583. The molecule has 2 aromatic rings. The second-order valence-corrected chi connectivity index (χ2v) is 6.47. The van der Waals surface area contributed by atoms with Gasteiger partial charge in [0, 0.05) is 25.5 Å². The van der Waals surface area contributed by atoms with E-state index in [9.17, 15) is 0 Å². The number of pyridine rings is 1. The minimum atomic E-state index is 0.389. The molecule has 1 fully saturated rings. The molecule has 4 heteroatoms. The summed E-state index contributed by atoms with van der Waals surface area (Å²) in [5, 5.41) is 0. The average molecular weight is 361 g/mol. The van der Waals surface area contributed by atoms with Crippen LogP contribution in [-0.4, -0.2) is 30.8 Å². The van der Waals surface area contributed by atoms with Gasteiger partial charge in [-0.15, -0.1) is 0 Å². The van der Waals surface area contributed by atoms with E-state index in [0.717, 1.165) is 43.4 Å². The number of halogens is 1. The van der Waals surface area contributed by atoms with E-state index in [1.165, 1.54) is 11.3 Å². The van der Waals surface area contributed by atoms with Gasteiger partial charge in [0.15, 0.2) is 0 Å². The molecule has 0 amide bonds. The van der Waals surface area contributed by atoms with E-state index in [1.807, 2.05) is 12.4 Å². The van der Waals surface area contributed by atoms with Gasteiger partial charge in [-0.3, -0.25) is 4.98 Å². The van der Waals surface area contributed by atoms with Crippen LogP contribution in [0.1, 0.15) is 18.4 Å². The zero-order valence-corrected chi connectivity index (χ0v) is 14.2. The molecule has 1 aliphatic rings. The van der Waals surface area contributed by atoms with Crippen LogP contribution in [0, 0.1) is 0 Å². The summed E-state index contributed by atoms with van der Waals surface area (Å²) in [5.41, 5.74) is 2.58. The molecule has 3 nitrogen and oxygen atoms in total. The zero-order chi connectivity index (χ0) is 15.2. The number of ether oxygens (including phenoxy) is 1. The van der Waals surface area contributed by atoms with Crippen LogP contribution in [0.5, 0.6) is 0 Å². The summed E-state index contributed by atoms with van der Waals surface area (Å²) in [6, 6.07) is 12.6. The van der Waals surface area contributed by atoms with Crippen molar-refractivity contribution in [3.63, 3.8) is 0 Å². The molecule has 0 atom stereocenters. The predicted molar refractivity (Wildman–Crippen MR) is 93.3 cm³/mol. The Labute approximate surface area is 140 Å². The summed E-state index contributed by atoms with van der Waals surface area (Å²) in [4.78, 5) is 6.53. The molecule has 116 valence electrons. The number of rotatable bonds is 5. The highest BCUT2D eigenvalue weighted by Crippen LogP contribution is 2.28. The molecule has 0 saturated carbocycles. The van der Waals surface area contributed by atoms with Crippen LogP contribution < -0.4 is 4.90 Å². The molecule has 1 aromatic heterocycles. The van der Waals surface area contributed by atoms with E-state index in [2.05, 4.69) is 62.2 Å². The third-order valence-corrected chi connectivity index (χ3v) is 4.73. The van der Waals surface area contributed by atoms with Crippen molar-refractivity contribution in [1.82, 2.24) is 4.98 Å². The van der Waals surface area contributed by atoms with Crippen molar-refractivity contribution >= 4 is 21.6 Å². The normalized spacial score (nSPS) is 16.0. The van der Waals surface area contributed by atoms with Gasteiger partial charge < -0.3 is 9.64 Å². The van der Waals surface area contributed by atoms with Crippen LogP contribution >= 0.6 is 15.9 Å². The lowest BCUT2D eigenvalue weighted by Crippen LogP contribution is -2.37. The zero-order valence-electron chi connectivity index (χ0n) is 12.6. The highest BCUT2D eigenvalue weighted by molar-refractivity contribution is 9.10. The van der Waals surface area contributed by atoms with E-state index in [0.29, 0.717) is 6.10 Å². The average Bonchev–Trinajstić information content (AvgIpc) is 2.57. The van der Waals surface area contributed by atoms with Gasteiger partial charge in [-0.2, -0.15) is 0 Å². The van der Waals surface area contributed by atoms with Crippen molar-refractivity contribution in [2.45, 2.75) is 25.4 Å². The molecule has 0 N–H and O–H groups in total. The van der Waals surface area contributed by atoms with Crippen LogP contribution in [-0.2, 0) is 11.2 Å². The van der Waals surface area contributed by atoms with E-state index < -0.39 is 0 Å².